The second-order valence-corrected chi connectivity index (χ2v) is 6.39. The molecule has 2 aromatic rings. The van der Waals surface area contributed by atoms with Gasteiger partial charge >= 0.3 is 0 Å². The number of aliphatic hydroxyl groups is 1. The number of methoxy groups -OCH3 is 1. The number of nitrogens with zero attached hydrogens (tertiary/aromatic N) is 1. The number of amides is 1. The van der Waals surface area contributed by atoms with Gasteiger partial charge in [0.1, 0.15) is 29.1 Å². The fraction of sp³-hybridized carbons (Fsp3) is 0.333. The lowest BCUT2D eigenvalue weighted by Gasteiger charge is -2.22. The van der Waals surface area contributed by atoms with Gasteiger partial charge in [0.15, 0.2) is 0 Å². The summed E-state index contributed by atoms with van der Waals surface area (Å²) in [5.41, 5.74) is 0.382. The van der Waals surface area contributed by atoms with Crippen molar-refractivity contribution in [3.63, 3.8) is 0 Å². The summed E-state index contributed by atoms with van der Waals surface area (Å²) < 4.78 is 16.2. The van der Waals surface area contributed by atoms with Gasteiger partial charge in [-0.15, -0.1) is 0 Å². The van der Waals surface area contributed by atoms with Crippen molar-refractivity contribution in [3.05, 3.63) is 59.1 Å². The molecule has 1 aliphatic rings. The van der Waals surface area contributed by atoms with Gasteiger partial charge in [-0.25, -0.2) is 0 Å². The third-order valence-electron chi connectivity index (χ3n) is 4.53. The molecule has 2 heterocycles. The quantitative estimate of drug-likeness (QED) is 0.448. The van der Waals surface area contributed by atoms with E-state index in [-0.39, 0.29) is 24.5 Å². The molecule has 0 aliphatic carbocycles. The fourth-order valence-electron chi connectivity index (χ4n) is 3.25. The highest BCUT2D eigenvalue weighted by molar-refractivity contribution is 6.46. The van der Waals surface area contributed by atoms with Crippen molar-refractivity contribution >= 4 is 17.4 Å². The number of furan rings is 1. The number of Topliss-reactive ketones (excluding diaryl/α,β-unsaturated/α-hetero) is 1. The summed E-state index contributed by atoms with van der Waals surface area (Å²) in [5.74, 6) is -0.0986. The van der Waals surface area contributed by atoms with Crippen molar-refractivity contribution in [2.45, 2.75) is 19.9 Å². The van der Waals surface area contributed by atoms with E-state index in [0.717, 1.165) is 0 Å². The lowest BCUT2D eigenvalue weighted by atomic mass is 9.99. The standard InChI is InChI=1S/C21H23NO6/c1-4-27-15-7-5-6-14(12-15)19(23)17-18(16-9-8-13(2)28-16)22(10-11-26-3)21(25)20(17)24/h5-9,12,18,23H,4,10-11H2,1-3H3/b19-17+. The number of ether oxygens (including phenoxy) is 2. The maximum Gasteiger partial charge on any atom is 0.295 e. The molecule has 1 atom stereocenters. The lowest BCUT2D eigenvalue weighted by molar-refractivity contribution is -0.140. The zero-order valence-corrected chi connectivity index (χ0v) is 16.1. The minimum atomic E-state index is -0.820. The average Bonchev–Trinajstić information content (AvgIpc) is 3.22. The van der Waals surface area contributed by atoms with Gasteiger partial charge in [0.2, 0.25) is 0 Å². The maximum absolute atomic E-state index is 12.8. The number of rotatable bonds is 7. The number of hydrogen-bond acceptors (Lipinski definition) is 6. The predicted octanol–water partition coefficient (Wildman–Crippen LogP) is 3.05. The zero-order chi connectivity index (χ0) is 20.3. The van der Waals surface area contributed by atoms with E-state index in [4.69, 9.17) is 13.9 Å². The fourth-order valence-corrected chi connectivity index (χ4v) is 3.25. The molecule has 7 heteroatoms. The van der Waals surface area contributed by atoms with E-state index in [2.05, 4.69) is 0 Å². The first-order valence-corrected chi connectivity index (χ1v) is 9.04. The highest BCUT2D eigenvalue weighted by Crippen LogP contribution is 2.40. The molecule has 7 nitrogen and oxygen atoms in total. The van der Waals surface area contributed by atoms with Crippen molar-refractivity contribution in [2.75, 3.05) is 26.9 Å². The van der Waals surface area contributed by atoms with Crippen LogP contribution in [0.2, 0.25) is 0 Å². The Labute approximate surface area is 163 Å². The Kier molecular flexibility index (Phi) is 5.84. The molecular formula is C21H23NO6. The predicted molar refractivity (Wildman–Crippen MR) is 102 cm³/mol. The number of hydrogen-bond donors (Lipinski definition) is 1. The Morgan fingerprint density at radius 2 is 2.04 bits per heavy atom. The number of likely N-dealkylation sites (tertiary alicyclic amines) is 1. The van der Waals surface area contributed by atoms with E-state index < -0.39 is 17.7 Å². The van der Waals surface area contributed by atoms with E-state index in [1.807, 2.05) is 6.92 Å². The van der Waals surface area contributed by atoms with Crippen LogP contribution in [0.3, 0.4) is 0 Å². The molecule has 0 bridgehead atoms. The molecule has 0 spiro atoms. The Balaban J connectivity index is 2.12. The Morgan fingerprint density at radius 1 is 1.25 bits per heavy atom. The number of benzene rings is 1. The summed E-state index contributed by atoms with van der Waals surface area (Å²) in [6, 6.07) is 9.39. The van der Waals surface area contributed by atoms with Gasteiger partial charge in [-0.1, -0.05) is 12.1 Å². The second-order valence-electron chi connectivity index (χ2n) is 6.39. The SMILES string of the molecule is CCOc1cccc(/C(O)=C2\C(=O)C(=O)N(CCOC)C2c2ccc(C)o2)c1. The van der Waals surface area contributed by atoms with Crippen molar-refractivity contribution in [1.82, 2.24) is 4.90 Å². The molecular weight excluding hydrogens is 362 g/mol. The van der Waals surface area contributed by atoms with Gasteiger partial charge in [-0.3, -0.25) is 9.59 Å². The number of aryl methyl sites for hydroxylation is 1. The average molecular weight is 385 g/mol. The van der Waals surface area contributed by atoms with Crippen LogP contribution in [0.4, 0.5) is 0 Å². The third-order valence-corrected chi connectivity index (χ3v) is 4.53. The Bertz CT molecular complexity index is 913. The normalized spacial score (nSPS) is 18.7. The number of carbonyl (C=O) groups is 2. The molecule has 1 fully saturated rings. The van der Waals surface area contributed by atoms with Crippen LogP contribution in [-0.2, 0) is 14.3 Å². The minimum absolute atomic E-state index is 0.0101. The molecule has 1 saturated heterocycles. The topological polar surface area (TPSA) is 89.2 Å². The largest absolute Gasteiger partial charge is 0.507 e. The van der Waals surface area contributed by atoms with E-state index in [1.165, 1.54) is 12.0 Å². The maximum atomic E-state index is 12.8. The van der Waals surface area contributed by atoms with Crippen molar-refractivity contribution in [3.8, 4) is 5.75 Å². The van der Waals surface area contributed by atoms with E-state index in [9.17, 15) is 14.7 Å². The van der Waals surface area contributed by atoms with Gasteiger partial charge in [-0.05, 0) is 38.1 Å². The van der Waals surface area contributed by atoms with Gasteiger partial charge in [0.05, 0.1) is 18.8 Å². The lowest BCUT2D eigenvalue weighted by Crippen LogP contribution is -2.32. The summed E-state index contributed by atoms with van der Waals surface area (Å²) in [4.78, 5) is 26.8. The van der Waals surface area contributed by atoms with Crippen LogP contribution in [0.1, 0.15) is 30.0 Å². The molecule has 1 unspecified atom stereocenters. The van der Waals surface area contributed by atoms with E-state index in [0.29, 0.717) is 29.4 Å². The highest BCUT2D eigenvalue weighted by Gasteiger charge is 2.47. The van der Waals surface area contributed by atoms with Crippen LogP contribution >= 0.6 is 0 Å². The van der Waals surface area contributed by atoms with E-state index in [1.54, 1.807) is 43.3 Å². The number of aliphatic hydroxyl groups excluding tert-OH is 1. The minimum Gasteiger partial charge on any atom is -0.507 e. The molecule has 1 aromatic heterocycles. The molecule has 3 rings (SSSR count). The molecule has 1 aliphatic heterocycles. The molecule has 148 valence electrons. The van der Waals surface area contributed by atoms with Crippen LogP contribution in [0.25, 0.3) is 5.76 Å². The summed E-state index contributed by atoms with van der Waals surface area (Å²) in [6.07, 6.45) is 0. The van der Waals surface area contributed by atoms with Crippen molar-refractivity contribution in [1.29, 1.82) is 0 Å². The monoisotopic (exact) mass is 385 g/mol. The molecule has 1 N–H and O–H groups in total. The summed E-state index contributed by atoms with van der Waals surface area (Å²) in [6.45, 7) is 4.55. The molecule has 1 amide bonds. The Morgan fingerprint density at radius 3 is 2.68 bits per heavy atom. The number of carbonyl (C=O) groups excluding carboxylic acids is 2. The van der Waals surface area contributed by atoms with Gasteiger partial charge in [0, 0.05) is 19.2 Å². The first-order valence-electron chi connectivity index (χ1n) is 9.04. The second kappa shape index (κ2) is 8.31. The van der Waals surface area contributed by atoms with Crippen LogP contribution in [0, 0.1) is 6.92 Å². The Hall–Kier alpha value is -3.06. The molecule has 1 aromatic carbocycles. The molecule has 0 radical (unpaired) electrons. The summed E-state index contributed by atoms with van der Waals surface area (Å²) in [5, 5.41) is 10.9. The van der Waals surface area contributed by atoms with Crippen molar-refractivity contribution in [2.24, 2.45) is 0 Å². The van der Waals surface area contributed by atoms with Crippen LogP contribution in [0.5, 0.6) is 5.75 Å². The third kappa shape index (κ3) is 3.66. The van der Waals surface area contributed by atoms with Crippen LogP contribution in [-0.4, -0.2) is 48.6 Å². The van der Waals surface area contributed by atoms with Crippen molar-refractivity contribution < 1.29 is 28.6 Å². The van der Waals surface area contributed by atoms with Gasteiger partial charge in [0.25, 0.3) is 11.7 Å². The molecule has 28 heavy (non-hydrogen) atoms. The highest BCUT2D eigenvalue weighted by atomic mass is 16.5. The first-order chi connectivity index (χ1) is 13.5. The molecule has 0 saturated carbocycles. The zero-order valence-electron chi connectivity index (χ0n) is 16.1. The smallest absolute Gasteiger partial charge is 0.295 e. The summed E-state index contributed by atoms with van der Waals surface area (Å²) >= 11 is 0. The first kappa shape index (κ1) is 19.7. The van der Waals surface area contributed by atoms with Gasteiger partial charge < -0.3 is 23.9 Å². The number of ketones is 1. The van der Waals surface area contributed by atoms with Crippen LogP contribution < -0.4 is 4.74 Å². The van der Waals surface area contributed by atoms with Crippen LogP contribution in [0.15, 0.2) is 46.4 Å². The van der Waals surface area contributed by atoms with E-state index >= 15 is 0 Å². The summed E-state index contributed by atoms with van der Waals surface area (Å²) in [7, 11) is 1.52. The van der Waals surface area contributed by atoms with Gasteiger partial charge in [-0.2, -0.15) is 0 Å².